The summed E-state index contributed by atoms with van der Waals surface area (Å²) >= 11 is 0. The van der Waals surface area contributed by atoms with E-state index in [1.165, 1.54) is 6.92 Å². The van der Waals surface area contributed by atoms with Gasteiger partial charge in [0.1, 0.15) is 0 Å². The summed E-state index contributed by atoms with van der Waals surface area (Å²) in [6.45, 7) is 3.12. The Balaban J connectivity index is 2.14. The topological polar surface area (TPSA) is 67.4 Å². The first-order valence-corrected chi connectivity index (χ1v) is 7.43. The molecule has 3 rings (SSSR count). The zero-order valence-electron chi connectivity index (χ0n) is 13.4. The van der Waals surface area contributed by atoms with Gasteiger partial charge in [-0.1, -0.05) is 23.4 Å². The molecule has 0 fully saturated rings. The van der Waals surface area contributed by atoms with Crippen LogP contribution in [0.1, 0.15) is 25.0 Å². The molecule has 5 nitrogen and oxygen atoms in total. The molecule has 3 aromatic rings. The van der Waals surface area contributed by atoms with Gasteiger partial charge in [-0.3, -0.25) is 0 Å². The monoisotopic (exact) mass is 317 g/mol. The van der Waals surface area contributed by atoms with Crippen molar-refractivity contribution >= 4 is 22.6 Å². The van der Waals surface area contributed by atoms with Gasteiger partial charge in [0.15, 0.2) is 0 Å². The van der Waals surface area contributed by atoms with E-state index < -0.39 is 5.97 Å². The van der Waals surface area contributed by atoms with E-state index in [1.807, 2.05) is 47.2 Å². The SMILES string of the molecule is CC(=O)O/N=C(\C)c1cn(-c2ccc(C#N)cc2)c2ccccc12. The minimum absolute atomic E-state index is 0.454. The molecule has 0 spiro atoms. The van der Waals surface area contributed by atoms with Gasteiger partial charge in [0.25, 0.3) is 0 Å². The van der Waals surface area contributed by atoms with Gasteiger partial charge < -0.3 is 9.40 Å². The summed E-state index contributed by atoms with van der Waals surface area (Å²) in [5, 5.41) is 13.8. The molecule has 0 aliphatic rings. The van der Waals surface area contributed by atoms with Gasteiger partial charge >= 0.3 is 5.97 Å². The molecule has 0 aliphatic heterocycles. The van der Waals surface area contributed by atoms with Crippen molar-refractivity contribution in [2.45, 2.75) is 13.8 Å². The Hall–Kier alpha value is -3.39. The van der Waals surface area contributed by atoms with E-state index in [0.717, 1.165) is 22.2 Å². The average molecular weight is 317 g/mol. The van der Waals surface area contributed by atoms with Crippen molar-refractivity contribution in [1.29, 1.82) is 5.26 Å². The maximum absolute atomic E-state index is 11.0. The quantitative estimate of drug-likeness (QED) is 0.419. The van der Waals surface area contributed by atoms with E-state index in [9.17, 15) is 4.79 Å². The molecular weight excluding hydrogens is 302 g/mol. The molecule has 0 atom stereocenters. The van der Waals surface area contributed by atoms with E-state index >= 15 is 0 Å². The van der Waals surface area contributed by atoms with Crippen LogP contribution in [0.15, 0.2) is 59.9 Å². The zero-order valence-corrected chi connectivity index (χ0v) is 13.4. The number of carbonyl (C=O) groups is 1. The normalized spacial score (nSPS) is 11.3. The van der Waals surface area contributed by atoms with Crippen LogP contribution in [-0.4, -0.2) is 16.2 Å². The Morgan fingerprint density at radius 2 is 1.83 bits per heavy atom. The highest BCUT2D eigenvalue weighted by atomic mass is 16.7. The zero-order chi connectivity index (χ0) is 17.1. The summed E-state index contributed by atoms with van der Waals surface area (Å²) in [4.78, 5) is 15.7. The fourth-order valence-electron chi connectivity index (χ4n) is 2.56. The molecular formula is C19H15N3O2. The Morgan fingerprint density at radius 1 is 1.12 bits per heavy atom. The van der Waals surface area contributed by atoms with Crippen LogP contribution in [-0.2, 0) is 9.63 Å². The smallest absolute Gasteiger partial charge is 0.318 e. The number of oxime groups is 1. The molecule has 0 saturated carbocycles. The number of nitriles is 1. The molecule has 0 unspecified atom stereocenters. The third kappa shape index (κ3) is 2.90. The number of aromatic nitrogens is 1. The predicted molar refractivity (Wildman–Crippen MR) is 92.0 cm³/mol. The summed E-state index contributed by atoms with van der Waals surface area (Å²) in [7, 11) is 0. The lowest BCUT2D eigenvalue weighted by Crippen LogP contribution is -1.99. The molecule has 0 N–H and O–H groups in total. The van der Waals surface area contributed by atoms with Gasteiger partial charge in [-0.2, -0.15) is 5.26 Å². The first-order valence-electron chi connectivity index (χ1n) is 7.43. The summed E-state index contributed by atoms with van der Waals surface area (Å²) in [6, 6.07) is 17.4. The van der Waals surface area contributed by atoms with Crippen LogP contribution >= 0.6 is 0 Å². The van der Waals surface area contributed by atoms with E-state index in [1.54, 1.807) is 19.1 Å². The molecule has 1 aromatic heterocycles. The van der Waals surface area contributed by atoms with Gasteiger partial charge in [0.2, 0.25) is 0 Å². The first kappa shape index (κ1) is 15.5. The lowest BCUT2D eigenvalue weighted by molar-refractivity contribution is -0.140. The van der Waals surface area contributed by atoms with Crippen molar-refractivity contribution < 1.29 is 9.63 Å². The third-order valence-corrected chi connectivity index (χ3v) is 3.69. The maximum atomic E-state index is 11.0. The minimum Gasteiger partial charge on any atom is -0.318 e. The number of nitrogens with zero attached hydrogens (tertiary/aromatic N) is 3. The van der Waals surface area contributed by atoms with Gasteiger partial charge in [0, 0.05) is 29.8 Å². The highest BCUT2D eigenvalue weighted by Crippen LogP contribution is 2.25. The summed E-state index contributed by atoms with van der Waals surface area (Å²) in [6.07, 6.45) is 1.95. The van der Waals surface area contributed by atoms with Crippen LogP contribution in [0.3, 0.4) is 0 Å². The van der Waals surface area contributed by atoms with Crippen molar-refractivity contribution in [3.05, 3.63) is 65.9 Å². The predicted octanol–water partition coefficient (Wildman–Crippen LogP) is 3.79. The van der Waals surface area contributed by atoms with Crippen LogP contribution < -0.4 is 0 Å². The van der Waals surface area contributed by atoms with Gasteiger partial charge in [-0.05, 0) is 37.3 Å². The molecule has 0 aliphatic carbocycles. The second-order valence-electron chi connectivity index (χ2n) is 5.35. The Bertz CT molecular complexity index is 976. The summed E-state index contributed by atoms with van der Waals surface area (Å²) in [5.41, 5.74) is 4.07. The minimum atomic E-state index is -0.454. The van der Waals surface area contributed by atoms with Gasteiger partial charge in [-0.25, -0.2) is 4.79 Å². The number of para-hydroxylation sites is 1. The van der Waals surface area contributed by atoms with Crippen LogP contribution in [0.25, 0.3) is 16.6 Å². The fourth-order valence-corrected chi connectivity index (χ4v) is 2.56. The van der Waals surface area contributed by atoms with E-state index in [2.05, 4.69) is 11.2 Å². The number of benzene rings is 2. The number of rotatable bonds is 3. The highest BCUT2D eigenvalue weighted by molar-refractivity contribution is 6.10. The highest BCUT2D eigenvalue weighted by Gasteiger charge is 2.12. The van der Waals surface area contributed by atoms with Crippen LogP contribution in [0.4, 0.5) is 0 Å². The van der Waals surface area contributed by atoms with E-state index in [4.69, 9.17) is 10.1 Å². The summed E-state index contributed by atoms with van der Waals surface area (Å²) < 4.78 is 2.03. The molecule has 0 bridgehead atoms. The van der Waals surface area contributed by atoms with E-state index in [-0.39, 0.29) is 0 Å². The average Bonchev–Trinajstić information content (AvgIpc) is 2.99. The fraction of sp³-hybridized carbons (Fsp3) is 0.105. The largest absolute Gasteiger partial charge is 0.331 e. The molecule has 24 heavy (non-hydrogen) atoms. The van der Waals surface area contributed by atoms with Crippen LogP contribution in [0.2, 0.25) is 0 Å². The Kier molecular flexibility index (Phi) is 4.13. The number of hydrogen-bond donors (Lipinski definition) is 0. The van der Waals surface area contributed by atoms with Gasteiger partial charge in [0.05, 0.1) is 22.9 Å². The van der Waals surface area contributed by atoms with Crippen molar-refractivity contribution in [3.8, 4) is 11.8 Å². The molecule has 0 saturated heterocycles. The van der Waals surface area contributed by atoms with E-state index in [0.29, 0.717) is 11.3 Å². The van der Waals surface area contributed by atoms with Crippen LogP contribution in [0, 0.1) is 11.3 Å². The second kappa shape index (κ2) is 6.39. The van der Waals surface area contributed by atoms with Crippen LogP contribution in [0.5, 0.6) is 0 Å². The number of hydrogen-bond acceptors (Lipinski definition) is 4. The lowest BCUT2D eigenvalue weighted by atomic mass is 10.1. The van der Waals surface area contributed by atoms with Crippen molar-refractivity contribution in [2.75, 3.05) is 0 Å². The number of fused-ring (bicyclic) bond motifs is 1. The third-order valence-electron chi connectivity index (χ3n) is 3.69. The lowest BCUT2D eigenvalue weighted by Gasteiger charge is -2.04. The van der Waals surface area contributed by atoms with Crippen molar-refractivity contribution in [1.82, 2.24) is 4.57 Å². The molecule has 5 heteroatoms. The molecule has 2 aromatic carbocycles. The number of carbonyl (C=O) groups excluding carboxylic acids is 1. The Morgan fingerprint density at radius 3 is 2.50 bits per heavy atom. The molecule has 118 valence electrons. The molecule has 0 radical (unpaired) electrons. The maximum Gasteiger partial charge on any atom is 0.331 e. The first-order chi connectivity index (χ1) is 11.6. The van der Waals surface area contributed by atoms with Crippen molar-refractivity contribution in [3.63, 3.8) is 0 Å². The second-order valence-corrected chi connectivity index (χ2v) is 5.35. The Labute approximate surface area is 139 Å². The molecule has 1 heterocycles. The van der Waals surface area contributed by atoms with Crippen molar-refractivity contribution in [2.24, 2.45) is 5.16 Å². The molecule has 0 amide bonds. The summed E-state index contributed by atoms with van der Waals surface area (Å²) in [5.74, 6) is -0.454. The van der Waals surface area contributed by atoms with Gasteiger partial charge in [-0.15, -0.1) is 0 Å². The standard InChI is InChI=1S/C19H15N3O2/c1-13(21-24-14(2)23)18-12-22(19-6-4-3-5-17(18)19)16-9-7-15(11-20)8-10-16/h3-10,12H,1-2H3/b21-13+.